The van der Waals surface area contributed by atoms with Crippen molar-refractivity contribution in [1.29, 1.82) is 0 Å². The van der Waals surface area contributed by atoms with E-state index in [4.69, 9.17) is 4.42 Å². The van der Waals surface area contributed by atoms with Crippen molar-refractivity contribution in [2.45, 2.75) is 19.9 Å². The number of aromatic hydroxyl groups is 1. The topological polar surface area (TPSA) is 62.5 Å². The first-order valence-electron chi connectivity index (χ1n) is 7.91. The number of benzene rings is 2. The van der Waals surface area contributed by atoms with Gasteiger partial charge in [-0.15, -0.1) is 0 Å². The van der Waals surface area contributed by atoms with Crippen LogP contribution in [0, 0.1) is 0 Å². The molecule has 4 nitrogen and oxygen atoms in total. The number of hydrogen-bond donors (Lipinski definition) is 2. The molecule has 0 bridgehead atoms. The fourth-order valence-electron chi connectivity index (χ4n) is 2.48. The summed E-state index contributed by atoms with van der Waals surface area (Å²) in [6.07, 6.45) is 0.605. The maximum absolute atomic E-state index is 11.7. The average molecular weight is 321 g/mol. The highest BCUT2D eigenvalue weighted by Crippen LogP contribution is 2.22. The maximum atomic E-state index is 11.7. The molecule has 2 aromatic carbocycles. The zero-order valence-electron chi connectivity index (χ0n) is 13.5. The van der Waals surface area contributed by atoms with Gasteiger partial charge in [0.25, 0.3) is 0 Å². The van der Waals surface area contributed by atoms with E-state index in [0.29, 0.717) is 12.2 Å². The number of rotatable bonds is 5. The highest BCUT2D eigenvalue weighted by molar-refractivity contribution is 5.65. The maximum Gasteiger partial charge on any atom is 0.227 e. The van der Waals surface area contributed by atoms with Crippen LogP contribution in [0.3, 0.4) is 0 Å². The Kier molecular flexibility index (Phi) is 4.66. The highest BCUT2D eigenvalue weighted by Gasteiger charge is 2.10. The second-order valence-corrected chi connectivity index (χ2v) is 5.50. The summed E-state index contributed by atoms with van der Waals surface area (Å²) in [6, 6.07) is 19.4. The highest BCUT2D eigenvalue weighted by atomic mass is 16.4. The largest absolute Gasteiger partial charge is 0.502 e. The molecule has 0 unspecified atom stereocenters. The van der Waals surface area contributed by atoms with E-state index in [0.717, 1.165) is 16.8 Å². The summed E-state index contributed by atoms with van der Waals surface area (Å²) in [5.74, 6) is 0.487. The van der Waals surface area contributed by atoms with E-state index in [1.54, 1.807) is 0 Å². The summed E-state index contributed by atoms with van der Waals surface area (Å²) < 4.78 is 5.54. The molecule has 4 heteroatoms. The van der Waals surface area contributed by atoms with Crippen LogP contribution in [-0.2, 0) is 13.0 Å². The summed E-state index contributed by atoms with van der Waals surface area (Å²) in [5, 5.41) is 13.0. The zero-order valence-corrected chi connectivity index (χ0v) is 13.5. The van der Waals surface area contributed by atoms with E-state index in [-0.39, 0.29) is 18.1 Å². The van der Waals surface area contributed by atoms with Crippen LogP contribution < -0.4 is 10.7 Å². The molecular formula is C20H19NO3. The molecule has 2 N–H and O–H groups in total. The Balaban J connectivity index is 1.74. The molecule has 0 aliphatic carbocycles. The monoisotopic (exact) mass is 321 g/mol. The van der Waals surface area contributed by atoms with Gasteiger partial charge in [0.2, 0.25) is 11.2 Å². The minimum absolute atomic E-state index is 0.250. The van der Waals surface area contributed by atoms with Crippen LogP contribution in [0.15, 0.2) is 69.9 Å². The Hall–Kier alpha value is -3.01. The third kappa shape index (κ3) is 3.49. The number of hydrogen-bond acceptors (Lipinski definition) is 4. The lowest BCUT2D eigenvalue weighted by atomic mass is 10.1. The Morgan fingerprint density at radius 2 is 1.67 bits per heavy atom. The van der Waals surface area contributed by atoms with Gasteiger partial charge in [0.1, 0.15) is 5.76 Å². The first-order valence-corrected chi connectivity index (χ1v) is 7.91. The van der Waals surface area contributed by atoms with Crippen molar-refractivity contribution in [3.8, 4) is 16.9 Å². The van der Waals surface area contributed by atoms with Gasteiger partial charge in [-0.25, -0.2) is 0 Å². The second-order valence-electron chi connectivity index (χ2n) is 5.50. The molecule has 0 fully saturated rings. The Morgan fingerprint density at radius 1 is 1.00 bits per heavy atom. The lowest BCUT2D eigenvalue weighted by Crippen LogP contribution is -2.08. The van der Waals surface area contributed by atoms with Crippen LogP contribution in [0.5, 0.6) is 5.75 Å². The van der Waals surface area contributed by atoms with E-state index < -0.39 is 5.43 Å². The first kappa shape index (κ1) is 15.9. The van der Waals surface area contributed by atoms with Gasteiger partial charge in [0.05, 0.1) is 6.54 Å². The first-order chi connectivity index (χ1) is 11.7. The molecule has 1 aromatic heterocycles. The van der Waals surface area contributed by atoms with Gasteiger partial charge in [-0.2, -0.15) is 0 Å². The Morgan fingerprint density at radius 3 is 2.33 bits per heavy atom. The number of nitrogens with one attached hydrogen (secondary N) is 1. The second kappa shape index (κ2) is 7.04. The minimum atomic E-state index is -0.408. The van der Waals surface area contributed by atoms with Crippen molar-refractivity contribution in [3.63, 3.8) is 0 Å². The molecule has 0 aliphatic rings. The lowest BCUT2D eigenvalue weighted by Gasteiger charge is -2.09. The fourth-order valence-corrected chi connectivity index (χ4v) is 2.48. The van der Waals surface area contributed by atoms with Gasteiger partial charge in [0.15, 0.2) is 5.76 Å². The van der Waals surface area contributed by atoms with Crippen molar-refractivity contribution in [3.05, 3.63) is 82.4 Å². The third-order valence-corrected chi connectivity index (χ3v) is 3.84. The lowest BCUT2D eigenvalue weighted by molar-refractivity contribution is 0.386. The molecule has 0 spiro atoms. The van der Waals surface area contributed by atoms with Gasteiger partial charge in [-0.05, 0) is 23.3 Å². The standard InChI is InChI=1S/C20H19NO3/c1-2-17-12-18(22)20(23)19(24-17)13-21-16-10-8-15(9-11-16)14-6-4-3-5-7-14/h3-12,21,23H,2,13H2,1H3. The predicted molar refractivity (Wildman–Crippen MR) is 95.2 cm³/mol. The van der Waals surface area contributed by atoms with Gasteiger partial charge in [-0.3, -0.25) is 4.79 Å². The van der Waals surface area contributed by atoms with Gasteiger partial charge < -0.3 is 14.8 Å². The molecule has 3 rings (SSSR count). The summed E-state index contributed by atoms with van der Waals surface area (Å²) in [5.41, 5.74) is 2.76. The molecule has 0 amide bonds. The van der Waals surface area contributed by atoms with E-state index >= 15 is 0 Å². The van der Waals surface area contributed by atoms with Crippen LogP contribution >= 0.6 is 0 Å². The molecule has 3 aromatic rings. The van der Waals surface area contributed by atoms with Crippen molar-refractivity contribution >= 4 is 5.69 Å². The summed E-state index contributed by atoms with van der Waals surface area (Å²) in [7, 11) is 0. The number of aryl methyl sites for hydroxylation is 1. The molecule has 0 saturated carbocycles. The quantitative estimate of drug-likeness (QED) is 0.740. The fraction of sp³-hybridized carbons (Fsp3) is 0.150. The molecule has 122 valence electrons. The SMILES string of the molecule is CCc1cc(=O)c(O)c(CNc2ccc(-c3ccccc3)cc2)o1. The molecule has 0 saturated heterocycles. The van der Waals surface area contributed by atoms with Crippen LogP contribution in [0.25, 0.3) is 11.1 Å². The van der Waals surface area contributed by atoms with E-state index in [2.05, 4.69) is 17.4 Å². The molecule has 24 heavy (non-hydrogen) atoms. The Bertz CT molecular complexity index is 868. The van der Waals surface area contributed by atoms with Crippen LogP contribution in [0.4, 0.5) is 5.69 Å². The smallest absolute Gasteiger partial charge is 0.227 e. The molecule has 0 radical (unpaired) electrons. The van der Waals surface area contributed by atoms with Crippen molar-refractivity contribution < 1.29 is 9.52 Å². The summed E-state index contributed by atoms with van der Waals surface area (Å²) in [6.45, 7) is 2.15. The van der Waals surface area contributed by atoms with Crippen LogP contribution in [0.1, 0.15) is 18.4 Å². The molecule has 0 atom stereocenters. The van der Waals surface area contributed by atoms with Gasteiger partial charge in [0, 0.05) is 18.2 Å². The molecule has 0 aliphatic heterocycles. The van der Waals surface area contributed by atoms with Gasteiger partial charge in [-0.1, -0.05) is 49.4 Å². The minimum Gasteiger partial charge on any atom is -0.502 e. The normalized spacial score (nSPS) is 10.5. The van der Waals surface area contributed by atoms with E-state index in [1.807, 2.05) is 49.4 Å². The van der Waals surface area contributed by atoms with Crippen LogP contribution in [0.2, 0.25) is 0 Å². The average Bonchev–Trinajstić information content (AvgIpc) is 2.64. The Labute approximate surface area is 140 Å². The summed E-state index contributed by atoms with van der Waals surface area (Å²) >= 11 is 0. The van der Waals surface area contributed by atoms with Crippen molar-refractivity contribution in [1.82, 2.24) is 0 Å². The number of anilines is 1. The molecular weight excluding hydrogens is 302 g/mol. The predicted octanol–water partition coefficient (Wildman–Crippen LogP) is 4.19. The van der Waals surface area contributed by atoms with Crippen LogP contribution in [-0.4, -0.2) is 5.11 Å². The third-order valence-electron chi connectivity index (χ3n) is 3.84. The van der Waals surface area contributed by atoms with Gasteiger partial charge >= 0.3 is 0 Å². The van der Waals surface area contributed by atoms with E-state index in [1.165, 1.54) is 6.07 Å². The molecule has 1 heterocycles. The van der Waals surface area contributed by atoms with E-state index in [9.17, 15) is 9.90 Å². The van der Waals surface area contributed by atoms with Crippen molar-refractivity contribution in [2.75, 3.05) is 5.32 Å². The van der Waals surface area contributed by atoms with Crippen molar-refractivity contribution in [2.24, 2.45) is 0 Å². The summed E-state index contributed by atoms with van der Waals surface area (Å²) in [4.78, 5) is 11.7. The zero-order chi connectivity index (χ0) is 16.9.